The molecule has 3 heterocycles. The highest BCUT2D eigenvalue weighted by Gasteiger charge is 2.53. The van der Waals surface area contributed by atoms with Crippen molar-refractivity contribution in [3.63, 3.8) is 0 Å². The van der Waals surface area contributed by atoms with Crippen molar-refractivity contribution >= 4 is 23.3 Å². The monoisotopic (exact) mass is 640 g/mol. The molecule has 1 saturated carbocycles. The molecule has 3 aromatic rings. The van der Waals surface area contributed by atoms with Crippen molar-refractivity contribution in [1.29, 1.82) is 0 Å². The molecule has 0 radical (unpaired) electrons. The second-order valence-electron chi connectivity index (χ2n) is 14.3. The lowest BCUT2D eigenvalue weighted by Crippen LogP contribution is -2.67. The Kier molecular flexibility index (Phi) is 7.29. The minimum atomic E-state index is -0.826. The van der Waals surface area contributed by atoms with Gasteiger partial charge in [0.2, 0.25) is 11.8 Å². The summed E-state index contributed by atoms with van der Waals surface area (Å²) in [6.07, 6.45) is 8.20. The lowest BCUT2D eigenvalue weighted by Gasteiger charge is -2.52. The molecule has 2 N–H and O–H groups in total. The number of anilines is 1. The van der Waals surface area contributed by atoms with Crippen LogP contribution in [0, 0.1) is 17.0 Å². The lowest BCUT2D eigenvalue weighted by molar-refractivity contribution is -0.151. The van der Waals surface area contributed by atoms with Gasteiger partial charge >= 0.3 is 0 Å². The molecule has 8 nitrogen and oxygen atoms in total. The number of Topliss-reactive ketones (excluding diaryl/α,β-unsaturated/α-hetero) is 1. The molecule has 1 aromatic heterocycles. The number of carbonyl (C=O) groups excluding carboxylic acids is 3. The molecule has 47 heavy (non-hydrogen) atoms. The number of rotatable bonds is 4. The Morgan fingerprint density at radius 3 is 2.47 bits per heavy atom. The summed E-state index contributed by atoms with van der Waals surface area (Å²) in [4.78, 5) is 47.2. The highest BCUT2D eigenvalue weighted by molar-refractivity contribution is 5.99. The van der Waals surface area contributed by atoms with E-state index in [-0.39, 0.29) is 30.2 Å². The average Bonchev–Trinajstić information content (AvgIpc) is 3.57. The number of hydrogen-bond acceptors (Lipinski definition) is 6. The second kappa shape index (κ2) is 11.3. The number of halogens is 2. The number of pyridine rings is 1. The van der Waals surface area contributed by atoms with Crippen molar-refractivity contribution in [2.45, 2.75) is 74.8 Å². The number of aromatic nitrogens is 1. The van der Waals surface area contributed by atoms with E-state index < -0.39 is 34.5 Å². The number of ether oxygens (including phenoxy) is 1. The van der Waals surface area contributed by atoms with E-state index in [1.54, 1.807) is 6.20 Å². The molecule has 5 aliphatic rings. The van der Waals surface area contributed by atoms with Crippen LogP contribution in [0.4, 0.5) is 14.5 Å². The number of fused-ring (bicyclic) bond motifs is 3. The summed E-state index contributed by atoms with van der Waals surface area (Å²) < 4.78 is 34.3. The largest absolute Gasteiger partial charge is 0.381 e. The van der Waals surface area contributed by atoms with E-state index in [1.165, 1.54) is 17.0 Å². The molecule has 2 saturated heterocycles. The van der Waals surface area contributed by atoms with Crippen molar-refractivity contribution < 1.29 is 27.9 Å². The standard InChI is InChI=1S/C37H38F2N4O4/c38-26-14-24(15-27(39)17-26)31-21-41-37(7-5-35(6-8-37)9-12-47-13-10-35)34(46)43(31)22-33(45)42-28-4-3-23-19-36(20-25(23)16-28)29-2-1-11-40-30(29)18-32(36)44/h1-4,11,14-17,31,41H,5-10,12-13,18-22H2,(H,42,45)/t31-,36+/m0/s1. The fraction of sp³-hybridized carbons (Fsp3) is 0.459. The van der Waals surface area contributed by atoms with E-state index in [0.29, 0.717) is 43.4 Å². The second-order valence-corrected chi connectivity index (χ2v) is 14.3. The summed E-state index contributed by atoms with van der Waals surface area (Å²) in [5, 5.41) is 6.45. The molecule has 2 aromatic carbocycles. The van der Waals surface area contributed by atoms with Crippen molar-refractivity contribution in [1.82, 2.24) is 15.2 Å². The molecule has 2 aliphatic heterocycles. The van der Waals surface area contributed by atoms with Crippen LogP contribution in [-0.4, -0.2) is 59.3 Å². The maximum Gasteiger partial charge on any atom is 0.244 e. The maximum absolute atomic E-state index is 14.4. The van der Waals surface area contributed by atoms with Gasteiger partial charge in [-0.25, -0.2) is 8.78 Å². The van der Waals surface area contributed by atoms with E-state index in [1.807, 2.05) is 30.3 Å². The number of nitrogens with zero attached hydrogens (tertiary/aromatic N) is 2. The highest BCUT2D eigenvalue weighted by Crippen LogP contribution is 2.49. The molecule has 3 aliphatic carbocycles. The van der Waals surface area contributed by atoms with E-state index in [4.69, 9.17) is 4.74 Å². The molecule has 10 heteroatoms. The Labute approximate surface area is 272 Å². The molecular weight excluding hydrogens is 602 g/mol. The van der Waals surface area contributed by atoms with Crippen molar-refractivity contribution in [3.05, 3.63) is 94.3 Å². The Morgan fingerprint density at radius 2 is 1.70 bits per heavy atom. The molecule has 3 spiro atoms. The first kappa shape index (κ1) is 30.3. The van der Waals surface area contributed by atoms with Crippen LogP contribution >= 0.6 is 0 Å². The topological polar surface area (TPSA) is 101 Å². The van der Waals surface area contributed by atoms with Crippen LogP contribution in [0.5, 0.6) is 0 Å². The number of amides is 2. The van der Waals surface area contributed by atoms with Gasteiger partial charge in [-0.05, 0) is 109 Å². The van der Waals surface area contributed by atoms with E-state index in [9.17, 15) is 23.2 Å². The van der Waals surface area contributed by atoms with Gasteiger partial charge in [-0.15, -0.1) is 0 Å². The van der Waals surface area contributed by atoms with Crippen LogP contribution in [-0.2, 0) is 43.8 Å². The summed E-state index contributed by atoms with van der Waals surface area (Å²) in [6, 6.07) is 12.1. The summed E-state index contributed by atoms with van der Waals surface area (Å²) in [7, 11) is 0. The van der Waals surface area contributed by atoms with Gasteiger partial charge in [-0.2, -0.15) is 0 Å². The minimum absolute atomic E-state index is 0.171. The Bertz CT molecular complexity index is 1760. The van der Waals surface area contributed by atoms with Crippen LogP contribution < -0.4 is 10.6 Å². The zero-order valence-electron chi connectivity index (χ0n) is 26.2. The quantitative estimate of drug-likeness (QED) is 0.428. The molecule has 3 fully saturated rings. The highest BCUT2D eigenvalue weighted by atomic mass is 19.1. The summed E-state index contributed by atoms with van der Waals surface area (Å²) >= 11 is 0. The van der Waals surface area contributed by atoms with Crippen LogP contribution in [0.25, 0.3) is 0 Å². The fourth-order valence-corrected chi connectivity index (χ4v) is 9.03. The predicted octanol–water partition coefficient (Wildman–Crippen LogP) is 4.74. The third kappa shape index (κ3) is 5.17. The van der Waals surface area contributed by atoms with Gasteiger partial charge in [0.05, 0.1) is 22.7 Å². The van der Waals surface area contributed by atoms with E-state index in [0.717, 1.165) is 67.3 Å². The van der Waals surface area contributed by atoms with Gasteiger partial charge in [-0.3, -0.25) is 19.4 Å². The SMILES string of the molecule is O=C(CN1C(=O)C2(CCC3(CCOCC3)CC2)NC[C@H]1c1cc(F)cc(F)c1)Nc1ccc2c(c1)C[C@@]1(C2)C(=O)Cc2ncccc21. The third-order valence-corrected chi connectivity index (χ3v) is 11.7. The van der Waals surface area contributed by atoms with Gasteiger partial charge < -0.3 is 20.3 Å². The Morgan fingerprint density at radius 1 is 0.957 bits per heavy atom. The van der Waals surface area contributed by atoms with Gasteiger partial charge in [0.1, 0.15) is 24.0 Å². The molecule has 244 valence electrons. The maximum atomic E-state index is 14.4. The van der Waals surface area contributed by atoms with Gasteiger partial charge in [0.25, 0.3) is 0 Å². The zero-order valence-corrected chi connectivity index (χ0v) is 26.2. The number of ketones is 1. The van der Waals surface area contributed by atoms with Crippen molar-refractivity contribution in [3.8, 4) is 0 Å². The number of piperazine rings is 1. The van der Waals surface area contributed by atoms with Crippen molar-refractivity contribution in [2.24, 2.45) is 5.41 Å². The summed E-state index contributed by atoms with van der Waals surface area (Å²) in [5.41, 5.74) is 3.51. The van der Waals surface area contributed by atoms with Crippen LogP contribution in [0.2, 0.25) is 0 Å². The average molecular weight is 641 g/mol. The molecule has 8 rings (SSSR count). The number of carbonyl (C=O) groups is 3. The normalized spacial score (nSPS) is 25.7. The van der Waals surface area contributed by atoms with Crippen LogP contribution in [0.1, 0.15) is 72.5 Å². The lowest BCUT2D eigenvalue weighted by atomic mass is 9.63. The molecule has 2 atom stereocenters. The minimum Gasteiger partial charge on any atom is -0.381 e. The Hall–Kier alpha value is -4.02. The smallest absolute Gasteiger partial charge is 0.244 e. The molecule has 0 unspecified atom stereocenters. The fourth-order valence-electron chi connectivity index (χ4n) is 9.03. The van der Waals surface area contributed by atoms with Crippen LogP contribution in [0.15, 0.2) is 54.7 Å². The predicted molar refractivity (Wildman–Crippen MR) is 170 cm³/mol. The van der Waals surface area contributed by atoms with Gasteiger partial charge in [0.15, 0.2) is 0 Å². The van der Waals surface area contributed by atoms with E-state index in [2.05, 4.69) is 15.6 Å². The molecule has 0 bridgehead atoms. The first-order valence-electron chi connectivity index (χ1n) is 16.7. The number of nitrogens with one attached hydrogen (secondary N) is 2. The molecule has 2 amide bonds. The van der Waals surface area contributed by atoms with Crippen LogP contribution in [0.3, 0.4) is 0 Å². The number of hydrogen-bond donors (Lipinski definition) is 2. The first-order valence-corrected chi connectivity index (χ1v) is 16.7. The first-order chi connectivity index (χ1) is 22.7. The Balaban J connectivity index is 1.02. The van der Waals surface area contributed by atoms with Gasteiger partial charge in [0, 0.05) is 44.1 Å². The zero-order chi connectivity index (χ0) is 32.4. The third-order valence-electron chi connectivity index (χ3n) is 11.7. The van der Waals surface area contributed by atoms with Gasteiger partial charge in [-0.1, -0.05) is 12.1 Å². The van der Waals surface area contributed by atoms with E-state index >= 15 is 0 Å². The summed E-state index contributed by atoms with van der Waals surface area (Å²) in [6.45, 7) is 1.49. The summed E-state index contributed by atoms with van der Waals surface area (Å²) in [5.74, 6) is -1.89. The van der Waals surface area contributed by atoms with Crippen molar-refractivity contribution in [2.75, 3.05) is 31.6 Å². The number of benzene rings is 2. The molecular formula is C37H38F2N4O4.